The number of rotatable bonds is 4. The second kappa shape index (κ2) is 6.64. The summed E-state index contributed by atoms with van der Waals surface area (Å²) in [5.41, 5.74) is 0.155. The van der Waals surface area contributed by atoms with Gasteiger partial charge in [0.2, 0.25) is 5.95 Å². The average Bonchev–Trinajstić information content (AvgIpc) is 2.45. The molecule has 0 aliphatic heterocycles. The first-order chi connectivity index (χ1) is 9.19. The standard InChI is InChI=1S/C15H21FN2O/c1-2-11-6-8-12(9-7-11)10-17-15(19)13-4-3-5-14(16)18-13/h3-5,11-12H,2,6-10H2,1H3,(H,17,19). The number of nitrogens with one attached hydrogen (secondary N) is 1. The smallest absolute Gasteiger partial charge is 0.270 e. The van der Waals surface area contributed by atoms with E-state index in [1.807, 2.05) is 0 Å². The quantitative estimate of drug-likeness (QED) is 0.849. The third-order valence-electron chi connectivity index (χ3n) is 4.04. The van der Waals surface area contributed by atoms with Crippen molar-refractivity contribution < 1.29 is 9.18 Å². The molecule has 0 unspecified atom stereocenters. The summed E-state index contributed by atoms with van der Waals surface area (Å²) in [6.45, 7) is 2.91. The number of nitrogens with zero attached hydrogens (tertiary/aromatic N) is 1. The van der Waals surface area contributed by atoms with Crippen LogP contribution in [0.5, 0.6) is 0 Å². The van der Waals surface area contributed by atoms with Gasteiger partial charge in [-0.25, -0.2) is 4.98 Å². The van der Waals surface area contributed by atoms with E-state index in [0.717, 1.165) is 5.92 Å². The molecule has 4 heteroatoms. The van der Waals surface area contributed by atoms with Crippen LogP contribution in [-0.2, 0) is 0 Å². The molecule has 0 spiro atoms. The predicted molar refractivity (Wildman–Crippen MR) is 72.3 cm³/mol. The highest BCUT2D eigenvalue weighted by molar-refractivity contribution is 5.92. The molecule has 1 fully saturated rings. The molecule has 1 N–H and O–H groups in total. The molecule has 2 rings (SSSR count). The lowest BCUT2D eigenvalue weighted by Gasteiger charge is -2.27. The molecular weight excluding hydrogens is 243 g/mol. The summed E-state index contributed by atoms with van der Waals surface area (Å²) in [5.74, 6) is 0.519. The Balaban J connectivity index is 1.78. The molecule has 1 aliphatic carbocycles. The van der Waals surface area contributed by atoms with Crippen LogP contribution < -0.4 is 5.32 Å². The molecule has 0 aromatic carbocycles. The highest BCUT2D eigenvalue weighted by atomic mass is 19.1. The van der Waals surface area contributed by atoms with E-state index < -0.39 is 5.95 Å². The SMILES string of the molecule is CCC1CCC(CNC(=O)c2cccc(F)n2)CC1. The molecular formula is C15H21FN2O. The highest BCUT2D eigenvalue weighted by Crippen LogP contribution is 2.30. The summed E-state index contributed by atoms with van der Waals surface area (Å²) < 4.78 is 12.9. The number of hydrogen-bond acceptors (Lipinski definition) is 2. The van der Waals surface area contributed by atoms with Crippen LogP contribution >= 0.6 is 0 Å². The van der Waals surface area contributed by atoms with Crippen LogP contribution in [-0.4, -0.2) is 17.4 Å². The van der Waals surface area contributed by atoms with Crippen molar-refractivity contribution in [1.29, 1.82) is 0 Å². The summed E-state index contributed by atoms with van der Waals surface area (Å²) in [5, 5.41) is 2.86. The lowest BCUT2D eigenvalue weighted by Crippen LogP contribution is -2.31. The summed E-state index contributed by atoms with van der Waals surface area (Å²) in [7, 11) is 0. The molecule has 0 saturated heterocycles. The van der Waals surface area contributed by atoms with Gasteiger partial charge in [0.05, 0.1) is 0 Å². The van der Waals surface area contributed by atoms with Gasteiger partial charge < -0.3 is 5.32 Å². The lowest BCUT2D eigenvalue weighted by molar-refractivity contribution is 0.0935. The van der Waals surface area contributed by atoms with Gasteiger partial charge in [-0.15, -0.1) is 0 Å². The van der Waals surface area contributed by atoms with E-state index in [-0.39, 0.29) is 11.6 Å². The fourth-order valence-corrected chi connectivity index (χ4v) is 2.71. The van der Waals surface area contributed by atoms with Crippen molar-refractivity contribution in [3.63, 3.8) is 0 Å². The molecule has 3 nitrogen and oxygen atoms in total. The highest BCUT2D eigenvalue weighted by Gasteiger charge is 2.20. The van der Waals surface area contributed by atoms with Gasteiger partial charge in [-0.05, 0) is 36.8 Å². The van der Waals surface area contributed by atoms with Crippen LogP contribution in [0.25, 0.3) is 0 Å². The maximum absolute atomic E-state index is 12.9. The van der Waals surface area contributed by atoms with Gasteiger partial charge in [0.15, 0.2) is 0 Å². The molecule has 104 valence electrons. The van der Waals surface area contributed by atoms with Gasteiger partial charge in [-0.3, -0.25) is 4.79 Å². The van der Waals surface area contributed by atoms with Crippen LogP contribution in [0.3, 0.4) is 0 Å². The minimum absolute atomic E-state index is 0.155. The van der Waals surface area contributed by atoms with Gasteiger partial charge in [0.25, 0.3) is 5.91 Å². The van der Waals surface area contributed by atoms with Crippen molar-refractivity contribution in [2.24, 2.45) is 11.8 Å². The molecule has 19 heavy (non-hydrogen) atoms. The Morgan fingerprint density at radius 1 is 1.32 bits per heavy atom. The van der Waals surface area contributed by atoms with Crippen LogP contribution in [0.2, 0.25) is 0 Å². The third kappa shape index (κ3) is 4.01. The van der Waals surface area contributed by atoms with Crippen molar-refractivity contribution in [2.45, 2.75) is 39.0 Å². The van der Waals surface area contributed by atoms with Crippen LogP contribution in [0.15, 0.2) is 18.2 Å². The Kier molecular flexibility index (Phi) is 4.88. The van der Waals surface area contributed by atoms with E-state index in [4.69, 9.17) is 0 Å². The van der Waals surface area contributed by atoms with Gasteiger partial charge in [0, 0.05) is 6.54 Å². The summed E-state index contributed by atoms with van der Waals surface area (Å²) >= 11 is 0. The molecule has 0 bridgehead atoms. The van der Waals surface area contributed by atoms with Gasteiger partial charge in [-0.2, -0.15) is 4.39 Å². The number of pyridine rings is 1. The number of carbonyl (C=O) groups is 1. The Bertz CT molecular complexity index is 428. The molecule has 1 aromatic rings. The Labute approximate surface area is 113 Å². The normalized spacial score (nSPS) is 23.1. The van der Waals surface area contributed by atoms with Crippen molar-refractivity contribution in [2.75, 3.05) is 6.54 Å². The minimum Gasteiger partial charge on any atom is -0.350 e. The van der Waals surface area contributed by atoms with E-state index in [1.165, 1.54) is 50.3 Å². The zero-order valence-corrected chi connectivity index (χ0v) is 11.4. The van der Waals surface area contributed by atoms with Crippen molar-refractivity contribution in [3.8, 4) is 0 Å². The minimum atomic E-state index is -0.615. The van der Waals surface area contributed by atoms with E-state index in [2.05, 4.69) is 17.2 Å². The Hall–Kier alpha value is -1.45. The topological polar surface area (TPSA) is 42.0 Å². The fourth-order valence-electron chi connectivity index (χ4n) is 2.71. The first-order valence-corrected chi connectivity index (χ1v) is 7.09. The molecule has 1 aliphatic rings. The van der Waals surface area contributed by atoms with E-state index in [1.54, 1.807) is 0 Å². The van der Waals surface area contributed by atoms with Crippen LogP contribution in [0.1, 0.15) is 49.5 Å². The summed E-state index contributed by atoms with van der Waals surface area (Å²) in [4.78, 5) is 15.4. The van der Waals surface area contributed by atoms with Crippen molar-refractivity contribution in [1.82, 2.24) is 10.3 Å². The largest absolute Gasteiger partial charge is 0.350 e. The molecule has 1 amide bonds. The maximum atomic E-state index is 12.9. The Morgan fingerprint density at radius 3 is 2.63 bits per heavy atom. The zero-order chi connectivity index (χ0) is 13.7. The monoisotopic (exact) mass is 264 g/mol. The average molecular weight is 264 g/mol. The molecule has 0 atom stereocenters. The molecule has 1 saturated carbocycles. The summed E-state index contributed by atoms with van der Waals surface area (Å²) in [6.07, 6.45) is 6.13. The van der Waals surface area contributed by atoms with E-state index in [9.17, 15) is 9.18 Å². The maximum Gasteiger partial charge on any atom is 0.270 e. The molecule has 0 radical (unpaired) electrons. The predicted octanol–water partition coefficient (Wildman–Crippen LogP) is 3.17. The van der Waals surface area contributed by atoms with Gasteiger partial charge >= 0.3 is 0 Å². The number of halogens is 1. The number of amides is 1. The Morgan fingerprint density at radius 2 is 2.00 bits per heavy atom. The first kappa shape index (κ1) is 14.0. The van der Waals surface area contributed by atoms with Gasteiger partial charge in [-0.1, -0.05) is 32.3 Å². The zero-order valence-electron chi connectivity index (χ0n) is 11.4. The second-order valence-corrected chi connectivity index (χ2v) is 5.35. The van der Waals surface area contributed by atoms with Gasteiger partial charge in [0.1, 0.15) is 5.69 Å². The number of hydrogen-bond donors (Lipinski definition) is 1. The van der Waals surface area contributed by atoms with Crippen molar-refractivity contribution >= 4 is 5.91 Å². The van der Waals surface area contributed by atoms with Crippen LogP contribution in [0, 0.1) is 17.8 Å². The summed E-state index contributed by atoms with van der Waals surface area (Å²) in [6, 6.07) is 4.28. The number of carbonyl (C=O) groups excluding carboxylic acids is 1. The second-order valence-electron chi connectivity index (χ2n) is 5.35. The lowest BCUT2D eigenvalue weighted by atomic mass is 9.81. The fraction of sp³-hybridized carbons (Fsp3) is 0.600. The molecule has 1 heterocycles. The van der Waals surface area contributed by atoms with E-state index in [0.29, 0.717) is 12.5 Å². The van der Waals surface area contributed by atoms with Crippen LogP contribution in [0.4, 0.5) is 4.39 Å². The molecule has 1 aromatic heterocycles. The van der Waals surface area contributed by atoms with E-state index >= 15 is 0 Å². The first-order valence-electron chi connectivity index (χ1n) is 7.09. The van der Waals surface area contributed by atoms with Crippen molar-refractivity contribution in [3.05, 3.63) is 29.8 Å². The number of aromatic nitrogens is 1. The third-order valence-corrected chi connectivity index (χ3v) is 4.04.